The first-order valence-corrected chi connectivity index (χ1v) is 5.59. The van der Waals surface area contributed by atoms with Gasteiger partial charge in [0, 0.05) is 13.0 Å². The highest BCUT2D eigenvalue weighted by molar-refractivity contribution is 5.81. The van der Waals surface area contributed by atoms with E-state index in [0.717, 1.165) is 6.42 Å². The number of amides is 1. The Bertz CT molecular complexity index is 268. The van der Waals surface area contributed by atoms with E-state index in [-0.39, 0.29) is 11.3 Å². The molecule has 4 nitrogen and oxygen atoms in total. The number of terminal acetylenes is 1. The van der Waals surface area contributed by atoms with Crippen LogP contribution in [0.15, 0.2) is 0 Å². The minimum atomic E-state index is -0.589. The van der Waals surface area contributed by atoms with Gasteiger partial charge in [0.05, 0.1) is 6.04 Å². The fourth-order valence-corrected chi connectivity index (χ4v) is 1.23. The van der Waals surface area contributed by atoms with Crippen LogP contribution in [-0.2, 0) is 4.79 Å². The second-order valence-corrected chi connectivity index (χ2v) is 4.83. The lowest BCUT2D eigenvalue weighted by atomic mass is 9.90. The summed E-state index contributed by atoms with van der Waals surface area (Å²) in [7, 11) is 0. The van der Waals surface area contributed by atoms with Crippen molar-refractivity contribution in [2.45, 2.75) is 46.1 Å². The van der Waals surface area contributed by atoms with Crippen LogP contribution in [0.1, 0.15) is 40.0 Å². The molecule has 0 aliphatic heterocycles. The quantitative estimate of drug-likeness (QED) is 0.305. The lowest BCUT2D eigenvalue weighted by molar-refractivity contribution is -0.134. The van der Waals surface area contributed by atoms with Gasteiger partial charge in [0.25, 0.3) is 5.91 Å². The van der Waals surface area contributed by atoms with Gasteiger partial charge in [-0.15, -0.1) is 12.3 Å². The van der Waals surface area contributed by atoms with Gasteiger partial charge < -0.3 is 5.73 Å². The van der Waals surface area contributed by atoms with E-state index in [1.165, 1.54) is 5.01 Å². The summed E-state index contributed by atoms with van der Waals surface area (Å²) in [4.78, 5) is 11.7. The van der Waals surface area contributed by atoms with Crippen LogP contribution in [0.5, 0.6) is 0 Å². The fourth-order valence-electron chi connectivity index (χ4n) is 1.23. The first-order chi connectivity index (χ1) is 7.34. The average molecular weight is 225 g/mol. The normalized spacial score (nSPS) is 13.0. The molecule has 1 atom stereocenters. The molecule has 0 radical (unpaired) electrons. The molecular formula is C12H23N3O. The second-order valence-electron chi connectivity index (χ2n) is 4.83. The largest absolute Gasteiger partial charge is 0.320 e. The highest BCUT2D eigenvalue weighted by Gasteiger charge is 2.24. The molecule has 0 aromatic rings. The summed E-state index contributed by atoms with van der Waals surface area (Å²) in [6, 6.07) is -0.589. The molecule has 0 saturated carbocycles. The molecule has 0 saturated heterocycles. The maximum Gasteiger partial charge on any atom is 0.253 e. The number of hydrazine groups is 1. The molecule has 0 fully saturated rings. The molecule has 92 valence electrons. The number of carbonyl (C=O) groups excluding carboxylic acids is 1. The zero-order valence-electron chi connectivity index (χ0n) is 10.5. The minimum Gasteiger partial charge on any atom is -0.320 e. The van der Waals surface area contributed by atoms with Crippen LogP contribution in [0.4, 0.5) is 0 Å². The summed E-state index contributed by atoms with van der Waals surface area (Å²) < 4.78 is 0. The van der Waals surface area contributed by atoms with Crippen molar-refractivity contribution in [1.29, 1.82) is 0 Å². The third kappa shape index (κ3) is 5.15. The second kappa shape index (κ2) is 6.51. The molecule has 0 heterocycles. The van der Waals surface area contributed by atoms with Gasteiger partial charge in [0.1, 0.15) is 0 Å². The molecular weight excluding hydrogens is 202 g/mol. The molecule has 0 spiro atoms. The number of hydrogen-bond acceptors (Lipinski definition) is 3. The summed E-state index contributed by atoms with van der Waals surface area (Å²) in [6.07, 6.45) is 7.05. The molecule has 1 amide bonds. The Morgan fingerprint density at radius 3 is 2.56 bits per heavy atom. The molecule has 16 heavy (non-hydrogen) atoms. The van der Waals surface area contributed by atoms with Crippen molar-refractivity contribution in [2.75, 3.05) is 6.54 Å². The molecule has 0 aromatic carbocycles. The summed E-state index contributed by atoms with van der Waals surface area (Å²) in [5, 5.41) is 1.21. The van der Waals surface area contributed by atoms with Crippen molar-refractivity contribution in [3.05, 3.63) is 0 Å². The summed E-state index contributed by atoms with van der Waals surface area (Å²) >= 11 is 0. The third-order valence-corrected chi connectivity index (χ3v) is 2.76. The van der Waals surface area contributed by atoms with Crippen LogP contribution in [0.25, 0.3) is 0 Å². The smallest absolute Gasteiger partial charge is 0.253 e. The van der Waals surface area contributed by atoms with Crippen LogP contribution in [0, 0.1) is 17.8 Å². The SMILES string of the molecule is C#CCCC(N)C(=O)N(N)CC(C)(C)CC. The van der Waals surface area contributed by atoms with Gasteiger partial charge in [-0.2, -0.15) is 0 Å². The topological polar surface area (TPSA) is 72.4 Å². The van der Waals surface area contributed by atoms with E-state index in [2.05, 4.69) is 26.7 Å². The summed E-state index contributed by atoms with van der Waals surface area (Å²) in [6.45, 7) is 6.70. The Kier molecular flexibility index (Phi) is 6.09. The predicted molar refractivity (Wildman–Crippen MR) is 66.0 cm³/mol. The Morgan fingerprint density at radius 1 is 1.56 bits per heavy atom. The van der Waals surface area contributed by atoms with E-state index < -0.39 is 6.04 Å². The summed E-state index contributed by atoms with van der Waals surface area (Å²) in [5.74, 6) is 7.92. The highest BCUT2D eigenvalue weighted by Crippen LogP contribution is 2.20. The van der Waals surface area contributed by atoms with Gasteiger partial charge in [-0.1, -0.05) is 20.8 Å². The minimum absolute atomic E-state index is 0.0102. The van der Waals surface area contributed by atoms with E-state index in [4.69, 9.17) is 18.0 Å². The van der Waals surface area contributed by atoms with E-state index in [1.807, 2.05) is 0 Å². The van der Waals surface area contributed by atoms with Crippen molar-refractivity contribution >= 4 is 5.91 Å². The molecule has 1 unspecified atom stereocenters. The maximum absolute atomic E-state index is 11.7. The highest BCUT2D eigenvalue weighted by atomic mass is 16.2. The maximum atomic E-state index is 11.7. The van der Waals surface area contributed by atoms with Gasteiger partial charge in [-0.05, 0) is 18.3 Å². The Morgan fingerprint density at radius 2 is 2.12 bits per heavy atom. The Balaban J connectivity index is 4.23. The van der Waals surface area contributed by atoms with Crippen LogP contribution < -0.4 is 11.6 Å². The third-order valence-electron chi connectivity index (χ3n) is 2.76. The fraction of sp³-hybridized carbons (Fsp3) is 0.750. The average Bonchev–Trinajstić information content (AvgIpc) is 2.24. The van der Waals surface area contributed by atoms with E-state index in [9.17, 15) is 4.79 Å². The van der Waals surface area contributed by atoms with Crippen molar-refractivity contribution < 1.29 is 4.79 Å². The molecule has 0 rings (SSSR count). The lowest BCUT2D eigenvalue weighted by Crippen LogP contribution is -2.50. The van der Waals surface area contributed by atoms with Crippen molar-refractivity contribution in [3.8, 4) is 12.3 Å². The molecule has 4 heteroatoms. The number of nitrogens with two attached hydrogens (primary N) is 2. The number of hydrogen-bond donors (Lipinski definition) is 2. The number of carbonyl (C=O) groups is 1. The van der Waals surface area contributed by atoms with Gasteiger partial charge in [0.2, 0.25) is 0 Å². The van der Waals surface area contributed by atoms with E-state index in [1.54, 1.807) is 0 Å². The van der Waals surface area contributed by atoms with E-state index >= 15 is 0 Å². The van der Waals surface area contributed by atoms with Crippen molar-refractivity contribution in [3.63, 3.8) is 0 Å². The van der Waals surface area contributed by atoms with Crippen molar-refractivity contribution in [2.24, 2.45) is 17.0 Å². The van der Waals surface area contributed by atoms with Gasteiger partial charge in [-0.25, -0.2) is 5.84 Å². The standard InChI is InChI=1S/C12H23N3O/c1-5-7-8-10(13)11(16)15(14)9-12(3,4)6-2/h1,10H,6-9,13-14H2,2-4H3. The monoisotopic (exact) mass is 225 g/mol. The molecule has 4 N–H and O–H groups in total. The first-order valence-electron chi connectivity index (χ1n) is 5.59. The van der Waals surface area contributed by atoms with Crippen LogP contribution >= 0.6 is 0 Å². The molecule has 0 aliphatic rings. The van der Waals surface area contributed by atoms with Crippen molar-refractivity contribution in [1.82, 2.24) is 5.01 Å². The predicted octanol–water partition coefficient (Wildman–Crippen LogP) is 0.866. The summed E-state index contributed by atoms with van der Waals surface area (Å²) in [5.41, 5.74) is 5.71. The van der Waals surface area contributed by atoms with Gasteiger partial charge in [0.15, 0.2) is 0 Å². The first kappa shape index (κ1) is 14.9. The molecule has 0 aromatic heterocycles. The van der Waals surface area contributed by atoms with Crippen LogP contribution in [0.2, 0.25) is 0 Å². The lowest BCUT2D eigenvalue weighted by Gasteiger charge is -2.30. The number of rotatable bonds is 6. The van der Waals surface area contributed by atoms with E-state index in [0.29, 0.717) is 19.4 Å². The van der Waals surface area contributed by atoms with Crippen LogP contribution in [0.3, 0.4) is 0 Å². The number of nitrogens with zero attached hydrogens (tertiary/aromatic N) is 1. The van der Waals surface area contributed by atoms with Crippen LogP contribution in [-0.4, -0.2) is 23.5 Å². The zero-order valence-corrected chi connectivity index (χ0v) is 10.5. The molecule has 0 bridgehead atoms. The van der Waals surface area contributed by atoms with Gasteiger partial charge in [-0.3, -0.25) is 9.80 Å². The Labute approximate surface area is 98.3 Å². The van der Waals surface area contributed by atoms with Gasteiger partial charge >= 0.3 is 0 Å². The molecule has 0 aliphatic carbocycles. The Hall–Kier alpha value is -1.05. The zero-order chi connectivity index (χ0) is 12.8.